The van der Waals surface area contributed by atoms with Crippen molar-refractivity contribution in [1.29, 1.82) is 0 Å². The van der Waals surface area contributed by atoms with E-state index in [2.05, 4.69) is 20.8 Å². The first kappa shape index (κ1) is 9.24. The van der Waals surface area contributed by atoms with E-state index in [9.17, 15) is 0 Å². The molecule has 4 fully saturated rings. The minimum Gasteiger partial charge on any atom is -0.0625 e. The van der Waals surface area contributed by atoms with Gasteiger partial charge in [0.25, 0.3) is 0 Å². The van der Waals surface area contributed by atoms with Gasteiger partial charge in [-0.05, 0) is 67.1 Å². The standard InChI is InChI=1S/C14H24/c1-9(2)13-5-12(4-10(13)3)14-6-11(7-14)8-14/h9-13H,4-8H2,1-3H3. The molecular weight excluding hydrogens is 168 g/mol. The van der Waals surface area contributed by atoms with Gasteiger partial charge in [-0.3, -0.25) is 0 Å². The summed E-state index contributed by atoms with van der Waals surface area (Å²) in [5.74, 6) is 5.25. The molecule has 0 aliphatic heterocycles. The topological polar surface area (TPSA) is 0 Å². The number of hydrogen-bond acceptors (Lipinski definition) is 0. The lowest BCUT2D eigenvalue weighted by atomic mass is 9.40. The molecule has 2 bridgehead atoms. The van der Waals surface area contributed by atoms with Crippen molar-refractivity contribution in [2.75, 3.05) is 0 Å². The van der Waals surface area contributed by atoms with E-state index < -0.39 is 0 Å². The highest BCUT2D eigenvalue weighted by Gasteiger charge is 2.61. The molecule has 0 nitrogen and oxygen atoms in total. The lowest BCUT2D eigenvalue weighted by Gasteiger charge is -2.65. The minimum absolute atomic E-state index is 0.891. The van der Waals surface area contributed by atoms with Gasteiger partial charge >= 0.3 is 0 Å². The highest BCUT2D eigenvalue weighted by molar-refractivity contribution is 5.11. The first-order chi connectivity index (χ1) is 6.61. The van der Waals surface area contributed by atoms with E-state index in [4.69, 9.17) is 0 Å². The molecule has 3 atom stereocenters. The highest BCUT2D eigenvalue weighted by atomic mass is 14.7. The van der Waals surface area contributed by atoms with Gasteiger partial charge in [-0.15, -0.1) is 0 Å². The molecule has 0 saturated heterocycles. The molecule has 0 N–H and O–H groups in total. The van der Waals surface area contributed by atoms with E-state index in [0.717, 1.165) is 29.1 Å². The maximum Gasteiger partial charge on any atom is -0.0261 e. The lowest BCUT2D eigenvalue weighted by Crippen LogP contribution is -2.55. The fourth-order valence-electron chi connectivity index (χ4n) is 4.76. The Kier molecular flexibility index (Phi) is 1.83. The molecule has 4 aliphatic rings. The van der Waals surface area contributed by atoms with Crippen molar-refractivity contribution in [3.05, 3.63) is 0 Å². The Bertz CT molecular complexity index is 223. The second-order valence-electron chi connectivity index (χ2n) is 6.89. The molecule has 0 heterocycles. The van der Waals surface area contributed by atoms with Crippen molar-refractivity contribution in [2.45, 2.75) is 52.9 Å². The normalized spacial score (nSPS) is 55.7. The van der Waals surface area contributed by atoms with Crippen LogP contribution >= 0.6 is 0 Å². The Labute approximate surface area is 88.5 Å². The van der Waals surface area contributed by atoms with Gasteiger partial charge in [0.1, 0.15) is 0 Å². The Morgan fingerprint density at radius 1 is 1.07 bits per heavy atom. The molecule has 0 radical (unpaired) electrons. The van der Waals surface area contributed by atoms with Gasteiger partial charge in [-0.25, -0.2) is 0 Å². The minimum atomic E-state index is 0.891. The summed E-state index contributed by atoms with van der Waals surface area (Å²) in [6, 6.07) is 0. The summed E-state index contributed by atoms with van der Waals surface area (Å²) in [4.78, 5) is 0. The SMILES string of the molecule is CC(C)C1CC(C23CC(C2)C3)CC1C. The molecule has 4 aliphatic carbocycles. The second-order valence-corrected chi connectivity index (χ2v) is 6.89. The highest BCUT2D eigenvalue weighted by Crippen LogP contribution is 2.71. The fourth-order valence-corrected chi connectivity index (χ4v) is 4.76. The molecule has 3 unspecified atom stereocenters. The fraction of sp³-hybridized carbons (Fsp3) is 1.00. The van der Waals surface area contributed by atoms with Crippen molar-refractivity contribution in [3.63, 3.8) is 0 Å². The van der Waals surface area contributed by atoms with E-state index in [1.165, 1.54) is 5.92 Å². The van der Waals surface area contributed by atoms with Gasteiger partial charge in [0.15, 0.2) is 0 Å². The molecule has 4 saturated carbocycles. The van der Waals surface area contributed by atoms with Crippen LogP contribution in [0.25, 0.3) is 0 Å². The van der Waals surface area contributed by atoms with Gasteiger partial charge in [0, 0.05) is 0 Å². The van der Waals surface area contributed by atoms with Crippen LogP contribution in [0.3, 0.4) is 0 Å². The molecule has 4 rings (SSSR count). The average Bonchev–Trinajstić information content (AvgIpc) is 2.24. The number of rotatable bonds is 2. The van der Waals surface area contributed by atoms with Crippen LogP contribution in [0.2, 0.25) is 0 Å². The van der Waals surface area contributed by atoms with E-state index in [1.54, 1.807) is 32.1 Å². The number of hydrogen-bond donors (Lipinski definition) is 0. The summed E-state index contributed by atoms with van der Waals surface area (Å²) in [5, 5.41) is 0. The van der Waals surface area contributed by atoms with Crippen LogP contribution in [0.15, 0.2) is 0 Å². The maximum atomic E-state index is 2.50. The third kappa shape index (κ3) is 1.06. The maximum absolute atomic E-state index is 2.50. The molecule has 0 aromatic carbocycles. The summed E-state index contributed by atoms with van der Waals surface area (Å²) in [6.45, 7) is 7.34. The van der Waals surface area contributed by atoms with Gasteiger partial charge in [0.05, 0.1) is 0 Å². The Balaban J connectivity index is 1.68. The van der Waals surface area contributed by atoms with Crippen LogP contribution in [0.5, 0.6) is 0 Å². The Morgan fingerprint density at radius 3 is 2.07 bits per heavy atom. The zero-order valence-electron chi connectivity index (χ0n) is 9.92. The zero-order valence-corrected chi connectivity index (χ0v) is 9.92. The van der Waals surface area contributed by atoms with Crippen LogP contribution in [-0.4, -0.2) is 0 Å². The van der Waals surface area contributed by atoms with Crippen molar-refractivity contribution < 1.29 is 0 Å². The lowest BCUT2D eigenvalue weighted by molar-refractivity contribution is -0.151. The zero-order chi connectivity index (χ0) is 9.92. The predicted octanol–water partition coefficient (Wildman–Crippen LogP) is 4.10. The van der Waals surface area contributed by atoms with Gasteiger partial charge in [-0.2, -0.15) is 0 Å². The van der Waals surface area contributed by atoms with Crippen LogP contribution in [0, 0.1) is 35.0 Å². The van der Waals surface area contributed by atoms with E-state index in [-0.39, 0.29) is 0 Å². The predicted molar refractivity (Wildman–Crippen MR) is 60.0 cm³/mol. The largest absolute Gasteiger partial charge is 0.0625 e. The first-order valence-electron chi connectivity index (χ1n) is 6.61. The van der Waals surface area contributed by atoms with Crippen LogP contribution < -0.4 is 0 Å². The van der Waals surface area contributed by atoms with Crippen molar-refractivity contribution in [2.24, 2.45) is 35.0 Å². The molecule has 0 aromatic rings. The van der Waals surface area contributed by atoms with Crippen molar-refractivity contribution >= 4 is 0 Å². The molecule has 0 aromatic heterocycles. The van der Waals surface area contributed by atoms with E-state index >= 15 is 0 Å². The summed E-state index contributed by atoms with van der Waals surface area (Å²) >= 11 is 0. The summed E-state index contributed by atoms with van der Waals surface area (Å²) in [6.07, 6.45) is 7.93. The molecule has 0 heteroatoms. The Hall–Kier alpha value is 0. The molecular formula is C14H24. The van der Waals surface area contributed by atoms with Crippen molar-refractivity contribution in [1.82, 2.24) is 0 Å². The van der Waals surface area contributed by atoms with Crippen LogP contribution in [-0.2, 0) is 0 Å². The summed E-state index contributed by atoms with van der Waals surface area (Å²) in [5.41, 5.74) is 0.891. The van der Waals surface area contributed by atoms with Gasteiger partial charge in [0.2, 0.25) is 0 Å². The van der Waals surface area contributed by atoms with Crippen molar-refractivity contribution in [3.8, 4) is 0 Å². The molecule has 0 amide bonds. The molecule has 14 heavy (non-hydrogen) atoms. The second kappa shape index (κ2) is 2.77. The van der Waals surface area contributed by atoms with Gasteiger partial charge in [-0.1, -0.05) is 20.8 Å². The quantitative estimate of drug-likeness (QED) is 0.618. The summed E-state index contributed by atoms with van der Waals surface area (Å²) < 4.78 is 0. The molecule has 0 spiro atoms. The van der Waals surface area contributed by atoms with E-state index in [0.29, 0.717) is 0 Å². The Morgan fingerprint density at radius 2 is 1.71 bits per heavy atom. The third-order valence-electron chi connectivity index (χ3n) is 5.75. The third-order valence-corrected chi connectivity index (χ3v) is 5.75. The molecule has 80 valence electrons. The van der Waals surface area contributed by atoms with Crippen LogP contribution in [0.1, 0.15) is 52.9 Å². The van der Waals surface area contributed by atoms with Gasteiger partial charge < -0.3 is 0 Å². The smallest absolute Gasteiger partial charge is 0.0261 e. The summed E-state index contributed by atoms with van der Waals surface area (Å²) in [7, 11) is 0. The average molecular weight is 192 g/mol. The van der Waals surface area contributed by atoms with E-state index in [1.807, 2.05) is 0 Å². The first-order valence-corrected chi connectivity index (χ1v) is 6.61. The monoisotopic (exact) mass is 192 g/mol. The van der Waals surface area contributed by atoms with Crippen LogP contribution in [0.4, 0.5) is 0 Å².